The van der Waals surface area contributed by atoms with Crippen molar-refractivity contribution in [1.82, 2.24) is 0 Å². The van der Waals surface area contributed by atoms with Crippen LogP contribution in [0.3, 0.4) is 0 Å². The highest BCUT2D eigenvalue weighted by Crippen LogP contribution is 2.10. The number of hydrogen-bond acceptors (Lipinski definition) is 2. The van der Waals surface area contributed by atoms with Gasteiger partial charge in [-0.2, -0.15) is 0 Å². The van der Waals surface area contributed by atoms with E-state index in [1.54, 1.807) is 30.3 Å². The molecule has 0 aliphatic heterocycles. The molecule has 2 heteroatoms. The van der Waals surface area contributed by atoms with Crippen molar-refractivity contribution in [2.75, 3.05) is 0 Å². The first-order chi connectivity index (χ1) is 5.24. The quantitative estimate of drug-likeness (QED) is 0.624. The first-order valence-electron chi connectivity index (χ1n) is 3.32. The van der Waals surface area contributed by atoms with Gasteiger partial charge in [-0.25, -0.2) is 0 Å². The van der Waals surface area contributed by atoms with Gasteiger partial charge >= 0.3 is 0 Å². The summed E-state index contributed by atoms with van der Waals surface area (Å²) >= 11 is 0. The highest BCUT2D eigenvalue weighted by atomic mass is 16.5. The standard InChI is InChI=1S/C9H10O2/c1-2-7-3-5-8(6-4-7)9(10)11/h2-6,9-11H,1H2. The predicted molar refractivity (Wildman–Crippen MR) is 43.7 cm³/mol. The van der Waals surface area contributed by atoms with E-state index in [0.717, 1.165) is 5.56 Å². The first kappa shape index (κ1) is 7.98. The molecule has 0 heterocycles. The van der Waals surface area contributed by atoms with Gasteiger partial charge in [0.1, 0.15) is 0 Å². The number of benzene rings is 1. The van der Waals surface area contributed by atoms with Crippen LogP contribution in [0.15, 0.2) is 30.8 Å². The van der Waals surface area contributed by atoms with Crippen molar-refractivity contribution in [2.24, 2.45) is 0 Å². The zero-order chi connectivity index (χ0) is 8.27. The molecule has 0 spiro atoms. The van der Waals surface area contributed by atoms with E-state index in [2.05, 4.69) is 6.58 Å². The Balaban J connectivity index is 2.91. The molecule has 0 atom stereocenters. The van der Waals surface area contributed by atoms with E-state index in [1.165, 1.54) is 0 Å². The third kappa shape index (κ3) is 1.90. The topological polar surface area (TPSA) is 40.5 Å². The number of rotatable bonds is 2. The summed E-state index contributed by atoms with van der Waals surface area (Å²) in [6.07, 6.45) is 0.321. The lowest BCUT2D eigenvalue weighted by molar-refractivity contribution is -0.0424. The van der Waals surface area contributed by atoms with Crippen molar-refractivity contribution < 1.29 is 10.2 Å². The summed E-state index contributed by atoms with van der Waals surface area (Å²) in [5, 5.41) is 17.4. The second-order valence-electron chi connectivity index (χ2n) is 2.24. The van der Waals surface area contributed by atoms with Crippen LogP contribution in [-0.4, -0.2) is 10.2 Å². The van der Waals surface area contributed by atoms with Crippen molar-refractivity contribution in [1.29, 1.82) is 0 Å². The van der Waals surface area contributed by atoms with E-state index in [9.17, 15) is 0 Å². The monoisotopic (exact) mass is 150 g/mol. The second-order valence-corrected chi connectivity index (χ2v) is 2.24. The summed E-state index contributed by atoms with van der Waals surface area (Å²) in [5.74, 6) is 0. The van der Waals surface area contributed by atoms with E-state index in [4.69, 9.17) is 10.2 Å². The Morgan fingerprint density at radius 3 is 2.09 bits per heavy atom. The average molecular weight is 150 g/mol. The molecule has 0 unspecified atom stereocenters. The molecule has 1 aromatic rings. The van der Waals surface area contributed by atoms with Gasteiger partial charge in [0.15, 0.2) is 6.29 Å². The smallest absolute Gasteiger partial charge is 0.178 e. The van der Waals surface area contributed by atoms with Crippen LogP contribution >= 0.6 is 0 Å². The Labute approximate surface area is 65.4 Å². The lowest BCUT2D eigenvalue weighted by atomic mass is 10.1. The molecule has 0 aliphatic carbocycles. The molecule has 11 heavy (non-hydrogen) atoms. The first-order valence-corrected chi connectivity index (χ1v) is 3.32. The zero-order valence-corrected chi connectivity index (χ0v) is 6.07. The van der Waals surface area contributed by atoms with Crippen molar-refractivity contribution in [3.05, 3.63) is 42.0 Å². The number of aliphatic hydroxyl groups is 2. The normalized spacial score (nSPS) is 10.1. The Morgan fingerprint density at radius 1 is 1.18 bits per heavy atom. The van der Waals surface area contributed by atoms with E-state index < -0.39 is 6.29 Å². The molecule has 2 nitrogen and oxygen atoms in total. The second kappa shape index (κ2) is 3.32. The highest BCUT2D eigenvalue weighted by Gasteiger charge is 1.99. The fourth-order valence-corrected chi connectivity index (χ4v) is 0.804. The predicted octanol–water partition coefficient (Wildman–Crippen LogP) is 1.31. The van der Waals surface area contributed by atoms with Crippen LogP contribution in [0.25, 0.3) is 6.08 Å². The largest absolute Gasteiger partial charge is 0.364 e. The van der Waals surface area contributed by atoms with E-state index in [-0.39, 0.29) is 0 Å². The minimum Gasteiger partial charge on any atom is -0.364 e. The van der Waals surface area contributed by atoms with Gasteiger partial charge in [0.2, 0.25) is 0 Å². The van der Waals surface area contributed by atoms with Crippen molar-refractivity contribution in [3.8, 4) is 0 Å². The summed E-state index contributed by atoms with van der Waals surface area (Å²) < 4.78 is 0. The summed E-state index contributed by atoms with van der Waals surface area (Å²) in [5.41, 5.74) is 1.46. The molecule has 0 saturated carbocycles. The number of aliphatic hydroxyl groups excluding tert-OH is 1. The fourth-order valence-electron chi connectivity index (χ4n) is 0.804. The molecular formula is C9H10O2. The van der Waals surface area contributed by atoms with Gasteiger partial charge < -0.3 is 10.2 Å². The maximum Gasteiger partial charge on any atom is 0.178 e. The van der Waals surface area contributed by atoms with Crippen LogP contribution in [-0.2, 0) is 0 Å². The Bertz CT molecular complexity index is 236. The third-order valence-electron chi connectivity index (χ3n) is 1.47. The lowest BCUT2D eigenvalue weighted by Crippen LogP contribution is -1.93. The Hall–Kier alpha value is -1.12. The third-order valence-corrected chi connectivity index (χ3v) is 1.47. The van der Waals surface area contributed by atoms with Gasteiger partial charge in [-0.1, -0.05) is 36.9 Å². The van der Waals surface area contributed by atoms with Crippen LogP contribution in [0.5, 0.6) is 0 Å². The minimum atomic E-state index is -1.38. The molecule has 0 saturated heterocycles. The maximum absolute atomic E-state index is 8.72. The lowest BCUT2D eigenvalue weighted by Gasteiger charge is -2.02. The zero-order valence-electron chi connectivity index (χ0n) is 6.07. The molecule has 0 fully saturated rings. The molecule has 1 rings (SSSR count). The van der Waals surface area contributed by atoms with E-state index in [1.807, 2.05) is 0 Å². The Kier molecular flexibility index (Phi) is 2.41. The van der Waals surface area contributed by atoms with Crippen molar-refractivity contribution in [3.63, 3.8) is 0 Å². The van der Waals surface area contributed by atoms with E-state index >= 15 is 0 Å². The molecule has 0 amide bonds. The summed E-state index contributed by atoms with van der Waals surface area (Å²) in [6, 6.07) is 6.87. The minimum absolute atomic E-state index is 0.496. The van der Waals surface area contributed by atoms with Gasteiger partial charge in [0.05, 0.1) is 0 Å². The van der Waals surface area contributed by atoms with Crippen LogP contribution < -0.4 is 0 Å². The van der Waals surface area contributed by atoms with E-state index in [0.29, 0.717) is 5.56 Å². The Morgan fingerprint density at radius 2 is 1.73 bits per heavy atom. The van der Waals surface area contributed by atoms with Gasteiger partial charge in [0, 0.05) is 5.56 Å². The van der Waals surface area contributed by atoms with Crippen LogP contribution in [0, 0.1) is 0 Å². The van der Waals surface area contributed by atoms with Crippen LogP contribution in [0.2, 0.25) is 0 Å². The van der Waals surface area contributed by atoms with Crippen LogP contribution in [0.1, 0.15) is 17.4 Å². The molecule has 0 aliphatic rings. The molecule has 58 valence electrons. The highest BCUT2D eigenvalue weighted by molar-refractivity contribution is 5.47. The van der Waals surface area contributed by atoms with Gasteiger partial charge in [-0.05, 0) is 5.56 Å². The fraction of sp³-hybridized carbons (Fsp3) is 0.111. The number of hydrogen-bond donors (Lipinski definition) is 2. The molecule has 0 radical (unpaired) electrons. The summed E-state index contributed by atoms with van der Waals surface area (Å²) in [6.45, 7) is 3.58. The summed E-state index contributed by atoms with van der Waals surface area (Å²) in [4.78, 5) is 0. The molecule has 1 aromatic carbocycles. The van der Waals surface area contributed by atoms with Gasteiger partial charge in [-0.15, -0.1) is 0 Å². The molecule has 0 aromatic heterocycles. The summed E-state index contributed by atoms with van der Waals surface area (Å²) in [7, 11) is 0. The average Bonchev–Trinajstić information content (AvgIpc) is 2.05. The van der Waals surface area contributed by atoms with Gasteiger partial charge in [-0.3, -0.25) is 0 Å². The molecule has 0 bridgehead atoms. The van der Waals surface area contributed by atoms with Crippen molar-refractivity contribution in [2.45, 2.75) is 6.29 Å². The van der Waals surface area contributed by atoms with Gasteiger partial charge in [0.25, 0.3) is 0 Å². The van der Waals surface area contributed by atoms with Crippen molar-refractivity contribution >= 4 is 6.08 Å². The van der Waals surface area contributed by atoms with Crippen LogP contribution in [0.4, 0.5) is 0 Å². The molecular weight excluding hydrogens is 140 g/mol. The molecule has 2 N–H and O–H groups in total. The maximum atomic E-state index is 8.72. The SMILES string of the molecule is C=Cc1ccc(C(O)O)cc1.